The Bertz CT molecular complexity index is 542. The van der Waals surface area contributed by atoms with E-state index in [1.54, 1.807) is 12.1 Å². The van der Waals surface area contributed by atoms with Gasteiger partial charge in [0.05, 0.1) is 10.2 Å². The van der Waals surface area contributed by atoms with Gasteiger partial charge in [-0.15, -0.1) is 0 Å². The molecular formula is C13H14INO5. The molecule has 0 aromatic heterocycles. The summed E-state index contributed by atoms with van der Waals surface area (Å²) in [4.78, 5) is 21.3. The van der Waals surface area contributed by atoms with Crippen LogP contribution in [0.2, 0.25) is 0 Å². The van der Waals surface area contributed by atoms with E-state index in [4.69, 9.17) is 20.3 Å². The number of ether oxygens (including phenoxy) is 2. The van der Waals surface area contributed by atoms with Gasteiger partial charge in [-0.2, -0.15) is 0 Å². The van der Waals surface area contributed by atoms with Crippen molar-refractivity contribution in [2.75, 3.05) is 13.2 Å². The fourth-order valence-corrected chi connectivity index (χ4v) is 2.18. The number of hydrogen-bond donors (Lipinski definition) is 2. The quantitative estimate of drug-likeness (QED) is 0.544. The number of nitrogens with two attached hydrogens (primary N) is 1. The van der Waals surface area contributed by atoms with Crippen LogP contribution in [0.1, 0.15) is 12.5 Å². The molecule has 0 saturated carbocycles. The maximum Gasteiger partial charge on any atom is 0.328 e. The van der Waals surface area contributed by atoms with Crippen molar-refractivity contribution < 1.29 is 24.2 Å². The summed E-state index contributed by atoms with van der Waals surface area (Å²) < 4.78 is 11.4. The summed E-state index contributed by atoms with van der Waals surface area (Å²) in [5.41, 5.74) is 5.70. The zero-order chi connectivity index (χ0) is 15.1. The highest BCUT2D eigenvalue weighted by Crippen LogP contribution is 2.34. The largest absolute Gasteiger partial charge is 0.490 e. The van der Waals surface area contributed by atoms with Crippen LogP contribution in [0.5, 0.6) is 11.5 Å². The molecule has 0 saturated heterocycles. The smallest absolute Gasteiger partial charge is 0.328 e. The molecule has 1 rings (SSSR count). The van der Waals surface area contributed by atoms with Crippen molar-refractivity contribution >= 4 is 40.5 Å². The summed E-state index contributed by atoms with van der Waals surface area (Å²) in [6.07, 6.45) is 2.48. The van der Waals surface area contributed by atoms with Crippen molar-refractivity contribution in [2.24, 2.45) is 5.73 Å². The molecule has 0 unspecified atom stereocenters. The van der Waals surface area contributed by atoms with E-state index in [2.05, 4.69) is 0 Å². The minimum atomic E-state index is -1.04. The van der Waals surface area contributed by atoms with Crippen molar-refractivity contribution in [3.63, 3.8) is 0 Å². The van der Waals surface area contributed by atoms with Crippen molar-refractivity contribution in [3.8, 4) is 11.5 Å². The lowest BCUT2D eigenvalue weighted by atomic mass is 10.2. The molecule has 6 nitrogen and oxygen atoms in total. The molecule has 1 amide bonds. The number of hydrogen-bond acceptors (Lipinski definition) is 4. The van der Waals surface area contributed by atoms with E-state index in [9.17, 15) is 9.59 Å². The number of carboxylic acid groups (broad SMARTS) is 1. The molecule has 20 heavy (non-hydrogen) atoms. The fourth-order valence-electron chi connectivity index (χ4n) is 1.40. The predicted octanol–water partition coefficient (Wildman–Crippen LogP) is 1.65. The third-order valence-corrected chi connectivity index (χ3v) is 2.91. The van der Waals surface area contributed by atoms with E-state index in [1.165, 1.54) is 6.08 Å². The molecule has 0 heterocycles. The lowest BCUT2D eigenvalue weighted by Crippen LogP contribution is -2.20. The maximum atomic E-state index is 10.8. The first kappa shape index (κ1) is 16.3. The molecule has 7 heteroatoms. The summed E-state index contributed by atoms with van der Waals surface area (Å²) in [6.45, 7) is 1.97. The second-order valence-corrected chi connectivity index (χ2v) is 4.85. The molecule has 1 aromatic rings. The number of rotatable bonds is 7. The third-order valence-electron chi connectivity index (χ3n) is 2.11. The van der Waals surface area contributed by atoms with Gasteiger partial charge in [0, 0.05) is 6.08 Å². The number of aliphatic carboxylic acids is 1. The number of carboxylic acids is 1. The zero-order valence-corrected chi connectivity index (χ0v) is 12.9. The van der Waals surface area contributed by atoms with E-state index < -0.39 is 11.9 Å². The number of carbonyl (C=O) groups is 2. The fraction of sp³-hybridized carbons (Fsp3) is 0.231. The summed E-state index contributed by atoms with van der Waals surface area (Å²) >= 11 is 2.02. The summed E-state index contributed by atoms with van der Waals surface area (Å²) in [7, 11) is 0. The molecule has 0 spiro atoms. The zero-order valence-electron chi connectivity index (χ0n) is 10.8. The molecule has 3 N–H and O–H groups in total. The van der Waals surface area contributed by atoms with Crippen LogP contribution in [-0.2, 0) is 9.59 Å². The molecule has 0 radical (unpaired) electrons. The average Bonchev–Trinajstić information content (AvgIpc) is 2.35. The number of halogens is 1. The molecule has 0 aliphatic rings. The maximum absolute atomic E-state index is 10.8. The first-order valence-electron chi connectivity index (χ1n) is 5.72. The van der Waals surface area contributed by atoms with E-state index >= 15 is 0 Å². The molecule has 0 aliphatic carbocycles. The normalized spacial score (nSPS) is 10.5. The van der Waals surface area contributed by atoms with E-state index in [0.29, 0.717) is 27.2 Å². The van der Waals surface area contributed by atoms with Gasteiger partial charge in [-0.1, -0.05) is 0 Å². The summed E-state index contributed by atoms with van der Waals surface area (Å²) in [6, 6.07) is 3.36. The van der Waals surface area contributed by atoms with Crippen LogP contribution in [0.4, 0.5) is 0 Å². The Labute approximate surface area is 129 Å². The van der Waals surface area contributed by atoms with Gasteiger partial charge in [0.25, 0.3) is 5.91 Å². The highest BCUT2D eigenvalue weighted by molar-refractivity contribution is 14.1. The van der Waals surface area contributed by atoms with Gasteiger partial charge in [0.2, 0.25) is 0 Å². The second-order valence-electron chi connectivity index (χ2n) is 3.69. The van der Waals surface area contributed by atoms with Crippen LogP contribution in [-0.4, -0.2) is 30.2 Å². The minimum Gasteiger partial charge on any atom is -0.490 e. The SMILES string of the molecule is CCOc1cc(C=CC(=O)O)cc(I)c1OCC(N)=O. The van der Waals surface area contributed by atoms with Gasteiger partial charge >= 0.3 is 5.97 Å². The molecule has 0 aliphatic heterocycles. The highest BCUT2D eigenvalue weighted by atomic mass is 127. The van der Waals surface area contributed by atoms with Crippen molar-refractivity contribution in [1.82, 2.24) is 0 Å². The molecule has 0 atom stereocenters. The molecule has 1 aromatic carbocycles. The van der Waals surface area contributed by atoms with Crippen LogP contribution in [0, 0.1) is 3.57 Å². The molecular weight excluding hydrogens is 377 g/mol. The van der Waals surface area contributed by atoms with Crippen LogP contribution < -0.4 is 15.2 Å². The Kier molecular flexibility index (Phi) is 6.29. The Balaban J connectivity index is 3.10. The van der Waals surface area contributed by atoms with Gasteiger partial charge in [-0.25, -0.2) is 4.79 Å². The van der Waals surface area contributed by atoms with Gasteiger partial charge in [-0.05, 0) is 53.3 Å². The van der Waals surface area contributed by atoms with Crippen molar-refractivity contribution in [1.29, 1.82) is 0 Å². The first-order chi connectivity index (χ1) is 9.43. The topological polar surface area (TPSA) is 98.8 Å². The average molecular weight is 391 g/mol. The van der Waals surface area contributed by atoms with Crippen LogP contribution in [0.15, 0.2) is 18.2 Å². The van der Waals surface area contributed by atoms with Gasteiger partial charge in [0.1, 0.15) is 0 Å². The standard InChI is InChI=1S/C13H14INO5/c1-2-19-10-6-8(3-4-12(17)18)5-9(14)13(10)20-7-11(15)16/h3-6H,2,7H2,1H3,(H2,15,16)(H,17,18). The number of carbonyl (C=O) groups excluding carboxylic acids is 1. The first-order valence-corrected chi connectivity index (χ1v) is 6.80. The van der Waals surface area contributed by atoms with Gasteiger partial charge in [-0.3, -0.25) is 4.79 Å². The van der Waals surface area contributed by atoms with E-state index in [1.807, 2.05) is 29.5 Å². The van der Waals surface area contributed by atoms with Crippen LogP contribution in [0.3, 0.4) is 0 Å². The third kappa shape index (κ3) is 5.08. The van der Waals surface area contributed by atoms with Gasteiger partial charge < -0.3 is 20.3 Å². The van der Waals surface area contributed by atoms with E-state index in [0.717, 1.165) is 6.08 Å². The van der Waals surface area contributed by atoms with Crippen LogP contribution in [0.25, 0.3) is 6.08 Å². The molecule has 0 fully saturated rings. The second kappa shape index (κ2) is 7.73. The monoisotopic (exact) mass is 391 g/mol. The number of amides is 1. The van der Waals surface area contributed by atoms with Crippen molar-refractivity contribution in [2.45, 2.75) is 6.92 Å². The highest BCUT2D eigenvalue weighted by Gasteiger charge is 2.12. The summed E-state index contributed by atoms with van der Waals surface area (Å²) in [5.74, 6) is -0.769. The Morgan fingerprint density at radius 2 is 2.10 bits per heavy atom. The Morgan fingerprint density at radius 1 is 1.40 bits per heavy atom. The summed E-state index contributed by atoms with van der Waals surface area (Å²) in [5, 5.41) is 8.62. The van der Waals surface area contributed by atoms with Crippen LogP contribution >= 0.6 is 22.6 Å². The Hall–Kier alpha value is -1.77. The molecule has 108 valence electrons. The Morgan fingerprint density at radius 3 is 2.65 bits per heavy atom. The van der Waals surface area contributed by atoms with Crippen molar-refractivity contribution in [3.05, 3.63) is 27.3 Å². The molecule has 0 bridgehead atoms. The predicted molar refractivity (Wildman–Crippen MR) is 81.7 cm³/mol. The minimum absolute atomic E-state index is 0.250. The lowest BCUT2D eigenvalue weighted by molar-refractivity contribution is -0.131. The number of primary amides is 1. The lowest BCUT2D eigenvalue weighted by Gasteiger charge is -2.13. The van der Waals surface area contributed by atoms with E-state index in [-0.39, 0.29) is 6.61 Å². The van der Waals surface area contributed by atoms with Gasteiger partial charge in [0.15, 0.2) is 18.1 Å². The number of benzene rings is 1.